The number of nitrogens with one attached hydrogen (secondary N) is 1. The largest absolute Gasteiger partial charge is 0.495 e. The molecule has 0 fully saturated rings. The molecular weight excluding hydrogens is 382 g/mol. The summed E-state index contributed by atoms with van der Waals surface area (Å²) in [7, 11) is 1.56. The molecule has 1 heterocycles. The topological polar surface area (TPSA) is 77.2 Å². The number of nitrogens with two attached hydrogens (primary N) is 1. The van der Waals surface area contributed by atoms with E-state index in [1.807, 2.05) is 39.0 Å². The number of halogens is 1. The van der Waals surface area contributed by atoms with Gasteiger partial charge in [0, 0.05) is 11.3 Å². The third-order valence-corrected chi connectivity index (χ3v) is 5.63. The number of nitrogens with zero attached hydrogens (tertiary/aromatic N) is 1. The molecule has 0 atom stereocenters. The molecule has 3 aromatic rings. The maximum absolute atomic E-state index is 13.0. The Morgan fingerprint density at radius 3 is 2.52 bits per heavy atom. The number of methoxy groups -OCH3 is 1. The lowest BCUT2D eigenvalue weighted by Crippen LogP contribution is -2.05. The zero-order valence-corrected chi connectivity index (χ0v) is 17.1. The molecule has 1 aromatic heterocycles. The van der Waals surface area contributed by atoms with E-state index in [1.54, 1.807) is 19.2 Å². The van der Waals surface area contributed by atoms with Crippen molar-refractivity contribution in [3.8, 4) is 5.75 Å². The van der Waals surface area contributed by atoms with E-state index in [9.17, 15) is 4.79 Å². The van der Waals surface area contributed by atoms with Crippen LogP contribution in [0.2, 0.25) is 5.02 Å². The average molecular weight is 402 g/mol. The molecule has 140 valence electrons. The zero-order valence-electron chi connectivity index (χ0n) is 15.5. The van der Waals surface area contributed by atoms with Crippen LogP contribution in [0.4, 0.5) is 16.6 Å². The number of anilines is 3. The number of ketones is 1. The molecule has 0 amide bonds. The van der Waals surface area contributed by atoms with Gasteiger partial charge in [-0.1, -0.05) is 29.0 Å². The monoisotopic (exact) mass is 401 g/mol. The molecule has 2 aromatic carbocycles. The van der Waals surface area contributed by atoms with Crippen LogP contribution in [0.1, 0.15) is 31.9 Å². The lowest BCUT2D eigenvalue weighted by Gasteiger charge is -2.08. The number of carbonyl (C=O) groups excluding carboxylic acids is 1. The molecule has 0 saturated heterocycles. The molecule has 0 aliphatic rings. The first-order valence-electron chi connectivity index (χ1n) is 8.29. The van der Waals surface area contributed by atoms with E-state index in [2.05, 4.69) is 10.3 Å². The fourth-order valence-corrected chi connectivity index (χ4v) is 3.86. The smallest absolute Gasteiger partial charge is 0.207 e. The van der Waals surface area contributed by atoms with E-state index in [-0.39, 0.29) is 11.6 Å². The third kappa shape index (κ3) is 3.91. The third-order valence-electron chi connectivity index (χ3n) is 4.35. The van der Waals surface area contributed by atoms with Gasteiger partial charge in [0.2, 0.25) is 5.78 Å². The molecule has 5 nitrogen and oxygen atoms in total. The summed E-state index contributed by atoms with van der Waals surface area (Å²) < 4.78 is 5.15. The van der Waals surface area contributed by atoms with Crippen LogP contribution in [0, 0.1) is 20.8 Å². The van der Waals surface area contributed by atoms with Gasteiger partial charge in [0.15, 0.2) is 5.13 Å². The molecule has 7 heteroatoms. The van der Waals surface area contributed by atoms with Gasteiger partial charge < -0.3 is 15.8 Å². The minimum atomic E-state index is -0.119. The van der Waals surface area contributed by atoms with E-state index in [1.165, 1.54) is 11.3 Å². The Bertz CT molecular complexity index is 1030. The van der Waals surface area contributed by atoms with Crippen molar-refractivity contribution in [2.45, 2.75) is 20.8 Å². The fourth-order valence-electron chi connectivity index (χ4n) is 2.74. The Kier molecular flexibility index (Phi) is 5.39. The highest BCUT2D eigenvalue weighted by atomic mass is 35.5. The van der Waals surface area contributed by atoms with E-state index in [4.69, 9.17) is 22.1 Å². The second-order valence-electron chi connectivity index (χ2n) is 6.29. The molecule has 0 unspecified atom stereocenters. The van der Waals surface area contributed by atoms with Gasteiger partial charge in [0.05, 0.1) is 12.1 Å². The number of thiazole rings is 1. The number of ether oxygens (including phenoxy) is 1. The first-order valence-corrected chi connectivity index (χ1v) is 9.49. The first kappa shape index (κ1) is 19.2. The summed E-state index contributed by atoms with van der Waals surface area (Å²) in [5, 5.41) is 4.14. The van der Waals surface area contributed by atoms with Gasteiger partial charge in [-0.3, -0.25) is 4.79 Å². The summed E-state index contributed by atoms with van der Waals surface area (Å²) >= 11 is 7.37. The van der Waals surface area contributed by atoms with Crippen LogP contribution in [0.5, 0.6) is 5.75 Å². The van der Waals surface area contributed by atoms with Crippen LogP contribution in [0.15, 0.2) is 30.3 Å². The number of aromatic nitrogens is 1. The molecule has 0 spiro atoms. The second-order valence-corrected chi connectivity index (χ2v) is 7.69. The summed E-state index contributed by atoms with van der Waals surface area (Å²) in [4.78, 5) is 17.7. The van der Waals surface area contributed by atoms with Gasteiger partial charge in [-0.25, -0.2) is 4.98 Å². The van der Waals surface area contributed by atoms with Gasteiger partial charge in [-0.2, -0.15) is 0 Å². The van der Waals surface area contributed by atoms with Crippen molar-refractivity contribution in [3.63, 3.8) is 0 Å². The number of hydrogen-bond donors (Lipinski definition) is 2. The lowest BCUT2D eigenvalue weighted by molar-refractivity contribution is 0.104. The van der Waals surface area contributed by atoms with Crippen molar-refractivity contribution in [1.29, 1.82) is 0 Å². The number of aryl methyl sites for hydroxylation is 3. The number of carbonyl (C=O) groups is 1. The number of rotatable bonds is 5. The van der Waals surface area contributed by atoms with E-state index in [0.29, 0.717) is 26.3 Å². The van der Waals surface area contributed by atoms with Crippen molar-refractivity contribution in [2.24, 2.45) is 0 Å². The van der Waals surface area contributed by atoms with Crippen LogP contribution in [-0.2, 0) is 0 Å². The summed E-state index contributed by atoms with van der Waals surface area (Å²) in [5.41, 5.74) is 10.5. The quantitative estimate of drug-likeness (QED) is 0.568. The Balaban J connectivity index is 1.89. The SMILES string of the molecule is COc1ccc(Nc2nc(N)c(C(=O)c3cc(C)c(C)cc3C)s2)cc1Cl. The van der Waals surface area contributed by atoms with Crippen molar-refractivity contribution in [2.75, 3.05) is 18.2 Å². The van der Waals surface area contributed by atoms with Crippen LogP contribution >= 0.6 is 22.9 Å². The van der Waals surface area contributed by atoms with Crippen molar-refractivity contribution in [1.82, 2.24) is 4.98 Å². The molecule has 0 aliphatic carbocycles. The van der Waals surface area contributed by atoms with Crippen molar-refractivity contribution >= 4 is 45.4 Å². The predicted molar refractivity (Wildman–Crippen MR) is 112 cm³/mol. The molecule has 3 rings (SSSR count). The van der Waals surface area contributed by atoms with Crippen LogP contribution in [0.25, 0.3) is 0 Å². The number of benzene rings is 2. The highest BCUT2D eigenvalue weighted by Gasteiger charge is 2.20. The lowest BCUT2D eigenvalue weighted by atomic mass is 9.97. The van der Waals surface area contributed by atoms with Crippen LogP contribution in [0.3, 0.4) is 0 Å². The van der Waals surface area contributed by atoms with E-state index in [0.717, 1.165) is 22.4 Å². The maximum atomic E-state index is 13.0. The summed E-state index contributed by atoms with van der Waals surface area (Å²) in [6.07, 6.45) is 0. The zero-order chi connectivity index (χ0) is 19.7. The van der Waals surface area contributed by atoms with Gasteiger partial charge in [0.1, 0.15) is 16.4 Å². The Morgan fingerprint density at radius 2 is 1.85 bits per heavy atom. The van der Waals surface area contributed by atoms with E-state index < -0.39 is 0 Å². The Hall–Kier alpha value is -2.57. The minimum Gasteiger partial charge on any atom is -0.495 e. The average Bonchev–Trinajstić information content (AvgIpc) is 2.98. The Labute approximate surface area is 167 Å². The maximum Gasteiger partial charge on any atom is 0.207 e. The standard InChI is InChI=1S/C20H20ClN3O2S/c1-10-7-12(3)14(8-11(10)2)17(25)18-19(22)24-20(27-18)23-13-5-6-16(26-4)15(21)9-13/h5-9H,22H2,1-4H3,(H,23,24). The molecule has 0 radical (unpaired) electrons. The van der Waals surface area contributed by atoms with Gasteiger partial charge in [-0.15, -0.1) is 0 Å². The highest BCUT2D eigenvalue weighted by molar-refractivity contribution is 7.18. The first-order chi connectivity index (χ1) is 12.8. The molecule has 0 aliphatic heterocycles. The molecule has 27 heavy (non-hydrogen) atoms. The highest BCUT2D eigenvalue weighted by Crippen LogP contribution is 2.33. The molecule has 3 N–H and O–H groups in total. The summed E-state index contributed by atoms with van der Waals surface area (Å²) in [6, 6.07) is 9.22. The van der Waals surface area contributed by atoms with Crippen molar-refractivity contribution < 1.29 is 9.53 Å². The van der Waals surface area contributed by atoms with Gasteiger partial charge >= 0.3 is 0 Å². The summed E-state index contributed by atoms with van der Waals surface area (Å²) in [6.45, 7) is 5.94. The fraction of sp³-hybridized carbons (Fsp3) is 0.200. The molecule has 0 bridgehead atoms. The van der Waals surface area contributed by atoms with Crippen LogP contribution < -0.4 is 15.8 Å². The molecule has 0 saturated carbocycles. The van der Waals surface area contributed by atoms with Crippen LogP contribution in [-0.4, -0.2) is 17.9 Å². The van der Waals surface area contributed by atoms with Gasteiger partial charge in [-0.05, 0) is 61.7 Å². The van der Waals surface area contributed by atoms with E-state index >= 15 is 0 Å². The number of nitrogen functional groups attached to an aromatic ring is 1. The minimum absolute atomic E-state index is 0.119. The Morgan fingerprint density at radius 1 is 1.15 bits per heavy atom. The predicted octanol–water partition coefficient (Wildman–Crippen LogP) is 5.29. The number of hydrogen-bond acceptors (Lipinski definition) is 6. The molecular formula is C20H20ClN3O2S. The summed E-state index contributed by atoms with van der Waals surface area (Å²) in [5.74, 6) is 0.679. The normalized spacial score (nSPS) is 10.7. The van der Waals surface area contributed by atoms with Crippen molar-refractivity contribution in [3.05, 3.63) is 62.5 Å². The second kappa shape index (κ2) is 7.58. The van der Waals surface area contributed by atoms with Gasteiger partial charge in [0.25, 0.3) is 0 Å².